The Balaban J connectivity index is 2.00. The molecule has 0 saturated carbocycles. The molecule has 0 unspecified atom stereocenters. The van der Waals surface area contributed by atoms with Gasteiger partial charge in [0.2, 0.25) is 5.13 Å². The summed E-state index contributed by atoms with van der Waals surface area (Å²) in [5.74, 6) is -0.283. The SMILES string of the molecule is COC(=O)[C@@H](C)Sc1nnc(Nc2cccc(Cl)c2)s1. The number of thioether (sulfide) groups is 1. The largest absolute Gasteiger partial charge is 0.468 e. The molecule has 1 N–H and O–H groups in total. The van der Waals surface area contributed by atoms with Crippen LogP contribution in [0.1, 0.15) is 6.92 Å². The second-order valence-electron chi connectivity index (χ2n) is 3.79. The number of rotatable bonds is 5. The maximum atomic E-state index is 11.3. The van der Waals surface area contributed by atoms with Crippen molar-refractivity contribution in [3.05, 3.63) is 29.3 Å². The first-order valence-electron chi connectivity index (χ1n) is 5.69. The average Bonchev–Trinajstić information content (AvgIpc) is 2.85. The minimum atomic E-state index is -0.313. The first-order valence-corrected chi connectivity index (χ1v) is 7.76. The van der Waals surface area contributed by atoms with Crippen molar-refractivity contribution in [3.63, 3.8) is 0 Å². The van der Waals surface area contributed by atoms with Gasteiger partial charge in [-0.15, -0.1) is 10.2 Å². The quantitative estimate of drug-likeness (QED) is 0.668. The molecule has 20 heavy (non-hydrogen) atoms. The van der Waals surface area contributed by atoms with E-state index in [4.69, 9.17) is 11.6 Å². The monoisotopic (exact) mass is 329 g/mol. The number of esters is 1. The standard InChI is InChI=1S/C12H12ClN3O2S2/c1-7(10(17)18-2)19-12-16-15-11(20-12)14-9-5-3-4-8(13)6-9/h3-7H,1-2H3,(H,14,15)/t7-/m1/s1. The minimum absolute atomic E-state index is 0.283. The van der Waals surface area contributed by atoms with Gasteiger partial charge in [-0.3, -0.25) is 4.79 Å². The van der Waals surface area contributed by atoms with Crippen molar-refractivity contribution >= 4 is 51.5 Å². The Labute approximate surface area is 129 Å². The molecule has 1 atom stereocenters. The van der Waals surface area contributed by atoms with E-state index >= 15 is 0 Å². The number of carbonyl (C=O) groups is 1. The van der Waals surface area contributed by atoms with E-state index < -0.39 is 0 Å². The molecule has 106 valence electrons. The topological polar surface area (TPSA) is 64.1 Å². The van der Waals surface area contributed by atoms with E-state index in [0.717, 1.165) is 5.69 Å². The van der Waals surface area contributed by atoms with Crippen LogP contribution >= 0.6 is 34.7 Å². The molecule has 0 spiro atoms. The van der Waals surface area contributed by atoms with Crippen LogP contribution in [0.4, 0.5) is 10.8 Å². The molecule has 2 aromatic rings. The summed E-state index contributed by atoms with van der Waals surface area (Å²) >= 11 is 8.59. The Hall–Kier alpha value is -1.31. The number of carbonyl (C=O) groups excluding carboxylic acids is 1. The van der Waals surface area contributed by atoms with Gasteiger partial charge in [0.05, 0.1) is 7.11 Å². The van der Waals surface area contributed by atoms with E-state index in [-0.39, 0.29) is 11.2 Å². The third-order valence-corrected chi connectivity index (χ3v) is 4.53. The molecule has 0 amide bonds. The van der Waals surface area contributed by atoms with Crippen LogP contribution < -0.4 is 5.32 Å². The number of aromatic nitrogens is 2. The first kappa shape index (κ1) is 15.1. The predicted octanol–water partition coefficient (Wildman–Crippen LogP) is 3.59. The maximum Gasteiger partial charge on any atom is 0.318 e. The van der Waals surface area contributed by atoms with Crippen molar-refractivity contribution in [2.24, 2.45) is 0 Å². The molecule has 8 heteroatoms. The summed E-state index contributed by atoms with van der Waals surface area (Å²) in [6, 6.07) is 7.33. The second-order valence-corrected chi connectivity index (χ2v) is 6.79. The van der Waals surface area contributed by atoms with Crippen LogP contribution in [0.2, 0.25) is 5.02 Å². The van der Waals surface area contributed by atoms with Gasteiger partial charge in [-0.1, -0.05) is 40.8 Å². The zero-order chi connectivity index (χ0) is 14.5. The van der Waals surface area contributed by atoms with E-state index in [9.17, 15) is 4.79 Å². The molecule has 0 fully saturated rings. The number of anilines is 2. The van der Waals surface area contributed by atoms with E-state index in [2.05, 4.69) is 20.3 Å². The van der Waals surface area contributed by atoms with Gasteiger partial charge in [-0.25, -0.2) is 0 Å². The molecular formula is C12H12ClN3O2S2. The lowest BCUT2D eigenvalue weighted by Gasteiger charge is -2.04. The van der Waals surface area contributed by atoms with Crippen LogP contribution in [-0.2, 0) is 9.53 Å². The summed E-state index contributed by atoms with van der Waals surface area (Å²) in [7, 11) is 1.37. The molecule has 0 aliphatic rings. The van der Waals surface area contributed by atoms with Gasteiger partial charge < -0.3 is 10.1 Å². The van der Waals surface area contributed by atoms with E-state index in [1.54, 1.807) is 19.1 Å². The van der Waals surface area contributed by atoms with Gasteiger partial charge in [-0.05, 0) is 25.1 Å². The summed E-state index contributed by atoms with van der Waals surface area (Å²) in [5, 5.41) is 12.1. The number of hydrogen-bond acceptors (Lipinski definition) is 7. The summed E-state index contributed by atoms with van der Waals surface area (Å²) in [4.78, 5) is 11.3. The van der Waals surface area contributed by atoms with Gasteiger partial charge in [-0.2, -0.15) is 0 Å². The molecule has 2 rings (SSSR count). The van der Waals surface area contributed by atoms with Crippen molar-refractivity contribution in [2.45, 2.75) is 16.5 Å². The highest BCUT2D eigenvalue weighted by molar-refractivity contribution is 8.02. The molecule has 0 aliphatic carbocycles. The molecular weight excluding hydrogens is 318 g/mol. The van der Waals surface area contributed by atoms with E-state index in [1.165, 1.54) is 30.2 Å². The highest BCUT2D eigenvalue weighted by atomic mass is 35.5. The third-order valence-electron chi connectivity index (χ3n) is 2.29. The number of nitrogens with one attached hydrogen (secondary N) is 1. The number of ether oxygens (including phenoxy) is 1. The zero-order valence-electron chi connectivity index (χ0n) is 10.8. The molecule has 0 bridgehead atoms. The number of hydrogen-bond donors (Lipinski definition) is 1. The van der Waals surface area contributed by atoms with Crippen LogP contribution in [0, 0.1) is 0 Å². The van der Waals surface area contributed by atoms with Gasteiger partial charge in [0.25, 0.3) is 0 Å². The Morgan fingerprint density at radius 1 is 1.50 bits per heavy atom. The van der Waals surface area contributed by atoms with Crippen molar-refractivity contribution in [1.29, 1.82) is 0 Å². The van der Waals surface area contributed by atoms with Crippen LogP contribution in [-0.4, -0.2) is 28.5 Å². The predicted molar refractivity (Wildman–Crippen MR) is 82.0 cm³/mol. The number of nitrogens with zero attached hydrogens (tertiary/aromatic N) is 2. The lowest BCUT2D eigenvalue weighted by molar-refractivity contribution is -0.139. The number of methoxy groups -OCH3 is 1. The van der Waals surface area contributed by atoms with Crippen molar-refractivity contribution in [2.75, 3.05) is 12.4 Å². The fraction of sp³-hybridized carbons (Fsp3) is 0.250. The highest BCUT2D eigenvalue weighted by Gasteiger charge is 2.17. The van der Waals surface area contributed by atoms with Gasteiger partial charge in [0.1, 0.15) is 5.25 Å². The molecule has 5 nitrogen and oxygen atoms in total. The molecule has 0 saturated heterocycles. The van der Waals surface area contributed by atoms with E-state index in [0.29, 0.717) is 14.5 Å². The highest BCUT2D eigenvalue weighted by Crippen LogP contribution is 2.31. The van der Waals surface area contributed by atoms with Gasteiger partial charge in [0, 0.05) is 10.7 Å². The van der Waals surface area contributed by atoms with Crippen molar-refractivity contribution in [3.8, 4) is 0 Å². The minimum Gasteiger partial charge on any atom is -0.468 e. The summed E-state index contributed by atoms with van der Waals surface area (Å²) in [6.07, 6.45) is 0. The fourth-order valence-corrected chi connectivity index (χ4v) is 3.50. The lowest BCUT2D eigenvalue weighted by atomic mass is 10.3. The Bertz CT molecular complexity index is 606. The van der Waals surface area contributed by atoms with Crippen LogP contribution in [0.15, 0.2) is 28.6 Å². The molecule has 0 aliphatic heterocycles. The smallest absolute Gasteiger partial charge is 0.318 e. The zero-order valence-corrected chi connectivity index (χ0v) is 13.2. The van der Waals surface area contributed by atoms with Gasteiger partial charge >= 0.3 is 5.97 Å². The van der Waals surface area contributed by atoms with Crippen LogP contribution in [0.25, 0.3) is 0 Å². The van der Waals surface area contributed by atoms with Crippen molar-refractivity contribution < 1.29 is 9.53 Å². The fourth-order valence-electron chi connectivity index (χ4n) is 1.36. The van der Waals surface area contributed by atoms with Crippen molar-refractivity contribution in [1.82, 2.24) is 10.2 Å². The number of halogens is 1. The average molecular weight is 330 g/mol. The Kier molecular flexibility index (Phi) is 5.22. The van der Waals surface area contributed by atoms with Crippen LogP contribution in [0.3, 0.4) is 0 Å². The lowest BCUT2D eigenvalue weighted by Crippen LogP contribution is -2.14. The summed E-state index contributed by atoms with van der Waals surface area (Å²) < 4.78 is 5.37. The number of benzene rings is 1. The molecule has 1 aromatic heterocycles. The Morgan fingerprint density at radius 3 is 3.00 bits per heavy atom. The first-order chi connectivity index (χ1) is 9.58. The van der Waals surface area contributed by atoms with Gasteiger partial charge in [0.15, 0.2) is 4.34 Å². The Morgan fingerprint density at radius 2 is 2.30 bits per heavy atom. The molecule has 1 aromatic carbocycles. The van der Waals surface area contributed by atoms with E-state index in [1.807, 2.05) is 12.1 Å². The normalized spacial score (nSPS) is 11.9. The van der Waals surface area contributed by atoms with Crippen LogP contribution in [0.5, 0.6) is 0 Å². The maximum absolute atomic E-state index is 11.3. The third kappa shape index (κ3) is 4.09. The summed E-state index contributed by atoms with van der Waals surface area (Å²) in [6.45, 7) is 1.77. The molecule has 0 radical (unpaired) electrons. The molecule has 1 heterocycles. The summed E-state index contributed by atoms with van der Waals surface area (Å²) in [5.41, 5.74) is 0.839. The second kappa shape index (κ2) is 6.92.